The van der Waals surface area contributed by atoms with E-state index in [9.17, 15) is 18.0 Å². The van der Waals surface area contributed by atoms with Gasteiger partial charge in [0.1, 0.15) is 0 Å². The lowest BCUT2D eigenvalue weighted by Crippen LogP contribution is -2.46. The molecule has 2 heterocycles. The molecule has 0 bridgehead atoms. The van der Waals surface area contributed by atoms with Crippen LogP contribution in [0.2, 0.25) is 0 Å². The molecule has 1 aliphatic heterocycles. The summed E-state index contributed by atoms with van der Waals surface area (Å²) < 4.78 is 42.2. The summed E-state index contributed by atoms with van der Waals surface area (Å²) in [5.74, 6) is 5.97. The standard InChI is InChI=1S/C33H31F3N4O2/c1-23-6-8-26(20-25(23)10-11-27-21-37-38-31-5-3-2-4-29(27)31)32(42)19-24-7-9-28(30(18-24)33(34,35)36)22-40-14-12-39(13-15-40)16-17-41/h2-9,18,20-21,41H,12-17,19,22H2,1H3. The van der Waals surface area contributed by atoms with Gasteiger partial charge in [-0.2, -0.15) is 23.4 Å². The molecule has 0 radical (unpaired) electrons. The van der Waals surface area contributed by atoms with E-state index in [0.717, 1.165) is 22.5 Å². The highest BCUT2D eigenvalue weighted by Gasteiger charge is 2.34. The van der Waals surface area contributed by atoms with Crippen LogP contribution >= 0.6 is 0 Å². The molecule has 3 aromatic carbocycles. The van der Waals surface area contributed by atoms with Crippen molar-refractivity contribution in [1.29, 1.82) is 0 Å². The molecule has 0 unspecified atom stereocenters. The molecule has 0 atom stereocenters. The molecule has 42 heavy (non-hydrogen) atoms. The summed E-state index contributed by atoms with van der Waals surface area (Å²) in [5.41, 5.74) is 3.17. The van der Waals surface area contributed by atoms with Crippen molar-refractivity contribution in [2.75, 3.05) is 39.3 Å². The van der Waals surface area contributed by atoms with Crippen molar-refractivity contribution in [2.45, 2.75) is 26.1 Å². The van der Waals surface area contributed by atoms with E-state index < -0.39 is 11.7 Å². The zero-order chi connectivity index (χ0) is 29.7. The van der Waals surface area contributed by atoms with E-state index in [-0.39, 0.29) is 30.9 Å². The van der Waals surface area contributed by atoms with Crippen LogP contribution in [0, 0.1) is 18.8 Å². The molecule has 0 saturated carbocycles. The van der Waals surface area contributed by atoms with Gasteiger partial charge in [0.2, 0.25) is 0 Å². The summed E-state index contributed by atoms with van der Waals surface area (Å²) in [4.78, 5) is 17.3. The number of β-amino-alcohol motifs (C(OH)–C–C–N with tert-alkyl or cyclic N) is 1. The first-order chi connectivity index (χ1) is 20.2. The number of carbonyl (C=O) groups is 1. The number of aliphatic hydroxyl groups is 1. The van der Waals surface area contributed by atoms with Crippen LogP contribution in [0.3, 0.4) is 0 Å². The number of fused-ring (bicyclic) bond motifs is 1. The Bertz CT molecular complexity index is 1650. The number of nitrogens with zero attached hydrogens (tertiary/aromatic N) is 4. The molecule has 1 aromatic heterocycles. The number of hydrogen-bond acceptors (Lipinski definition) is 6. The maximum Gasteiger partial charge on any atom is 0.416 e. The zero-order valence-electron chi connectivity index (χ0n) is 23.3. The second-order valence-corrected chi connectivity index (χ2v) is 10.5. The van der Waals surface area contributed by atoms with Crippen molar-refractivity contribution >= 4 is 16.7 Å². The third-order valence-corrected chi connectivity index (χ3v) is 7.56. The molecule has 1 aliphatic rings. The van der Waals surface area contributed by atoms with Crippen molar-refractivity contribution in [3.05, 3.63) is 106 Å². The van der Waals surface area contributed by atoms with E-state index in [0.29, 0.717) is 55.0 Å². The van der Waals surface area contributed by atoms with Gasteiger partial charge in [0.25, 0.3) is 0 Å². The smallest absolute Gasteiger partial charge is 0.395 e. The summed E-state index contributed by atoms with van der Waals surface area (Å²) in [7, 11) is 0. The Morgan fingerprint density at radius 2 is 1.69 bits per heavy atom. The van der Waals surface area contributed by atoms with Crippen molar-refractivity contribution in [3.63, 3.8) is 0 Å². The van der Waals surface area contributed by atoms with Crippen molar-refractivity contribution < 1.29 is 23.1 Å². The van der Waals surface area contributed by atoms with Crippen molar-refractivity contribution in [1.82, 2.24) is 20.0 Å². The first-order valence-corrected chi connectivity index (χ1v) is 13.8. The number of hydrogen-bond donors (Lipinski definition) is 1. The first kappa shape index (κ1) is 29.4. The molecule has 1 saturated heterocycles. The van der Waals surface area contributed by atoms with Crippen LogP contribution in [0.5, 0.6) is 0 Å². The van der Waals surface area contributed by atoms with Crippen LogP contribution in [0.4, 0.5) is 13.2 Å². The largest absolute Gasteiger partial charge is 0.416 e. The number of alkyl halides is 3. The van der Waals surface area contributed by atoms with Gasteiger partial charge in [-0.15, -0.1) is 0 Å². The summed E-state index contributed by atoms with van der Waals surface area (Å²) in [5, 5.41) is 18.1. The highest BCUT2D eigenvalue weighted by atomic mass is 19.4. The molecule has 1 fully saturated rings. The van der Waals surface area contributed by atoms with Gasteiger partial charge in [-0.3, -0.25) is 14.6 Å². The number of aryl methyl sites for hydroxylation is 1. The van der Waals surface area contributed by atoms with Crippen LogP contribution in [0.1, 0.15) is 43.7 Å². The van der Waals surface area contributed by atoms with Crippen LogP contribution in [0.15, 0.2) is 66.9 Å². The van der Waals surface area contributed by atoms with Crippen LogP contribution in [0.25, 0.3) is 10.9 Å². The minimum Gasteiger partial charge on any atom is -0.395 e. The summed E-state index contributed by atoms with van der Waals surface area (Å²) in [6.45, 7) is 5.37. The monoisotopic (exact) mass is 572 g/mol. The normalized spacial score (nSPS) is 14.5. The lowest BCUT2D eigenvalue weighted by Gasteiger charge is -2.34. The van der Waals surface area contributed by atoms with Crippen molar-refractivity contribution in [3.8, 4) is 11.8 Å². The Kier molecular flexibility index (Phi) is 8.97. The van der Waals surface area contributed by atoms with E-state index in [2.05, 4.69) is 26.9 Å². The van der Waals surface area contributed by atoms with E-state index in [4.69, 9.17) is 5.11 Å². The Labute approximate surface area is 242 Å². The maximum atomic E-state index is 14.1. The Morgan fingerprint density at radius 3 is 2.45 bits per heavy atom. The maximum absolute atomic E-state index is 14.1. The first-order valence-electron chi connectivity index (χ1n) is 13.8. The molecule has 5 rings (SSSR count). The van der Waals surface area contributed by atoms with Gasteiger partial charge in [0.15, 0.2) is 5.78 Å². The van der Waals surface area contributed by atoms with E-state index in [1.165, 1.54) is 6.07 Å². The molecule has 6 nitrogen and oxygen atoms in total. The molecule has 0 amide bonds. The summed E-state index contributed by atoms with van der Waals surface area (Å²) in [6, 6.07) is 16.9. The number of piperazine rings is 1. The lowest BCUT2D eigenvalue weighted by atomic mass is 9.96. The number of ketones is 1. The van der Waals surface area contributed by atoms with Gasteiger partial charge in [0.05, 0.1) is 29.4 Å². The predicted molar refractivity (Wildman–Crippen MR) is 155 cm³/mol. The summed E-state index contributed by atoms with van der Waals surface area (Å²) in [6.07, 6.45) is -3.09. The van der Waals surface area contributed by atoms with Gasteiger partial charge < -0.3 is 5.11 Å². The third-order valence-electron chi connectivity index (χ3n) is 7.56. The quantitative estimate of drug-likeness (QED) is 0.251. The Hall–Kier alpha value is -4.10. The van der Waals surface area contributed by atoms with Crippen LogP contribution in [-0.4, -0.2) is 70.2 Å². The van der Waals surface area contributed by atoms with Gasteiger partial charge >= 0.3 is 6.18 Å². The molecule has 9 heteroatoms. The molecule has 4 aromatic rings. The number of rotatable bonds is 7. The summed E-state index contributed by atoms with van der Waals surface area (Å²) >= 11 is 0. The van der Waals surface area contributed by atoms with Gasteiger partial charge in [0, 0.05) is 62.2 Å². The lowest BCUT2D eigenvalue weighted by molar-refractivity contribution is -0.138. The molecular weight excluding hydrogens is 541 g/mol. The number of aromatic nitrogens is 2. The molecule has 216 valence electrons. The zero-order valence-corrected chi connectivity index (χ0v) is 23.3. The fourth-order valence-corrected chi connectivity index (χ4v) is 5.15. The van der Waals surface area contributed by atoms with E-state index >= 15 is 0 Å². The average Bonchev–Trinajstić information content (AvgIpc) is 2.98. The number of aliphatic hydroxyl groups excluding tert-OH is 1. The van der Waals surface area contributed by atoms with E-state index in [1.54, 1.807) is 30.5 Å². The fraction of sp³-hybridized carbons (Fsp3) is 0.303. The van der Waals surface area contributed by atoms with Gasteiger partial charge in [-0.25, -0.2) is 0 Å². The van der Waals surface area contributed by atoms with Gasteiger partial charge in [-0.05, 0) is 41.8 Å². The predicted octanol–water partition coefficient (Wildman–Crippen LogP) is 4.89. The second-order valence-electron chi connectivity index (χ2n) is 10.5. The minimum atomic E-state index is -4.54. The van der Waals surface area contributed by atoms with E-state index in [1.807, 2.05) is 36.1 Å². The number of Topliss-reactive ketones (excluding diaryl/α,β-unsaturated/α-hetero) is 1. The highest BCUT2D eigenvalue weighted by molar-refractivity contribution is 5.98. The van der Waals surface area contributed by atoms with Crippen LogP contribution < -0.4 is 0 Å². The SMILES string of the molecule is Cc1ccc(C(=O)Cc2ccc(CN3CCN(CCO)CC3)c(C(F)(F)F)c2)cc1C#Cc1cnnc2ccccc12. The molecule has 0 aliphatic carbocycles. The topological polar surface area (TPSA) is 69.6 Å². The molecule has 1 N–H and O–H groups in total. The number of carbonyl (C=O) groups excluding carboxylic acids is 1. The number of benzene rings is 3. The molecule has 0 spiro atoms. The van der Waals surface area contributed by atoms with Crippen molar-refractivity contribution in [2.24, 2.45) is 0 Å². The Balaban J connectivity index is 1.33. The Morgan fingerprint density at radius 1 is 0.952 bits per heavy atom. The van der Waals surface area contributed by atoms with Crippen LogP contribution in [-0.2, 0) is 19.1 Å². The highest BCUT2D eigenvalue weighted by Crippen LogP contribution is 2.34. The van der Waals surface area contributed by atoms with Gasteiger partial charge in [-0.1, -0.05) is 54.3 Å². The fourth-order valence-electron chi connectivity index (χ4n) is 5.15. The average molecular weight is 573 g/mol. The molecular formula is C33H31F3N4O2. The number of halogens is 3. The third kappa shape index (κ3) is 7.02. The second kappa shape index (κ2) is 12.8. The minimum absolute atomic E-state index is 0.0659.